The van der Waals surface area contributed by atoms with Gasteiger partial charge in [0.15, 0.2) is 6.61 Å². The number of rotatable bonds is 8. The maximum absolute atomic E-state index is 13.2. The van der Waals surface area contributed by atoms with Gasteiger partial charge in [-0.15, -0.1) is 0 Å². The molecule has 6 heteroatoms. The number of carbonyl (C=O) groups excluding carboxylic acids is 2. The summed E-state index contributed by atoms with van der Waals surface area (Å²) in [5, 5.41) is 8.83. The Kier molecular flexibility index (Phi) is 7.50. The fourth-order valence-electron chi connectivity index (χ4n) is 3.06. The van der Waals surface area contributed by atoms with Gasteiger partial charge in [-0.25, -0.2) is 4.39 Å². The van der Waals surface area contributed by atoms with Crippen LogP contribution in [0.15, 0.2) is 78.9 Å². The summed E-state index contributed by atoms with van der Waals surface area (Å²) in [7, 11) is 0. The number of benzene rings is 3. The minimum atomic E-state index is -0.528. The molecular formula is C25H21FN2O3. The van der Waals surface area contributed by atoms with E-state index in [4.69, 9.17) is 10.00 Å². The molecule has 0 unspecified atom stereocenters. The lowest BCUT2D eigenvalue weighted by atomic mass is 10.0. The van der Waals surface area contributed by atoms with Crippen LogP contribution in [0, 0.1) is 17.1 Å². The summed E-state index contributed by atoms with van der Waals surface area (Å²) in [5.74, 6) is -1.43. The van der Waals surface area contributed by atoms with E-state index in [0.29, 0.717) is 5.69 Å². The van der Waals surface area contributed by atoms with Crippen LogP contribution in [0.1, 0.15) is 12.0 Å². The summed E-state index contributed by atoms with van der Waals surface area (Å²) < 4.78 is 18.3. The van der Waals surface area contributed by atoms with E-state index in [1.165, 1.54) is 29.2 Å². The van der Waals surface area contributed by atoms with Crippen molar-refractivity contribution < 1.29 is 18.7 Å². The Hall–Kier alpha value is -3.98. The molecule has 3 rings (SSSR count). The topological polar surface area (TPSA) is 70.4 Å². The molecule has 0 saturated carbocycles. The average Bonchev–Trinajstić information content (AvgIpc) is 2.80. The first-order valence-electron chi connectivity index (χ1n) is 9.79. The van der Waals surface area contributed by atoms with Crippen molar-refractivity contribution >= 4 is 17.6 Å². The van der Waals surface area contributed by atoms with Crippen LogP contribution in [0.4, 0.5) is 10.1 Å². The molecule has 0 bridgehead atoms. The van der Waals surface area contributed by atoms with E-state index in [-0.39, 0.29) is 19.4 Å². The molecule has 0 aromatic heterocycles. The number of halogens is 1. The van der Waals surface area contributed by atoms with Gasteiger partial charge in [0.25, 0.3) is 5.91 Å². The maximum Gasteiger partial charge on any atom is 0.310 e. The third-order valence-electron chi connectivity index (χ3n) is 4.65. The van der Waals surface area contributed by atoms with Crippen LogP contribution in [0.3, 0.4) is 0 Å². The van der Waals surface area contributed by atoms with Gasteiger partial charge in [-0.05, 0) is 41.0 Å². The first-order valence-corrected chi connectivity index (χ1v) is 9.79. The van der Waals surface area contributed by atoms with E-state index in [9.17, 15) is 14.0 Å². The Labute approximate surface area is 180 Å². The molecule has 0 fully saturated rings. The van der Waals surface area contributed by atoms with E-state index in [2.05, 4.69) is 0 Å². The standard InChI is InChI=1S/C25H21FN2O3/c26-22-11-13-23(14-12-22)28(16-4-15-27)24(29)18-31-25(30)17-19-7-9-21(10-8-19)20-5-2-1-3-6-20/h1-3,5-14H,4,16-18H2. The van der Waals surface area contributed by atoms with Crippen molar-refractivity contribution in [3.05, 3.63) is 90.2 Å². The fourth-order valence-corrected chi connectivity index (χ4v) is 3.06. The second-order valence-corrected chi connectivity index (χ2v) is 6.83. The molecule has 5 nitrogen and oxygen atoms in total. The molecular weight excluding hydrogens is 395 g/mol. The van der Waals surface area contributed by atoms with Gasteiger partial charge in [0.1, 0.15) is 5.82 Å². The van der Waals surface area contributed by atoms with Gasteiger partial charge in [-0.2, -0.15) is 5.26 Å². The smallest absolute Gasteiger partial charge is 0.310 e. The second kappa shape index (κ2) is 10.7. The van der Waals surface area contributed by atoms with Crippen molar-refractivity contribution in [1.82, 2.24) is 0 Å². The highest BCUT2D eigenvalue weighted by atomic mass is 19.1. The number of esters is 1. The molecule has 0 aliphatic rings. The molecule has 0 spiro atoms. The minimum Gasteiger partial charge on any atom is -0.455 e. The zero-order valence-corrected chi connectivity index (χ0v) is 16.8. The van der Waals surface area contributed by atoms with Crippen molar-refractivity contribution in [2.24, 2.45) is 0 Å². The fraction of sp³-hybridized carbons (Fsp3) is 0.160. The third kappa shape index (κ3) is 6.25. The average molecular weight is 416 g/mol. The van der Waals surface area contributed by atoms with Crippen molar-refractivity contribution in [3.63, 3.8) is 0 Å². The molecule has 0 saturated heterocycles. The predicted molar refractivity (Wildman–Crippen MR) is 116 cm³/mol. The maximum atomic E-state index is 13.2. The van der Waals surface area contributed by atoms with E-state index < -0.39 is 24.3 Å². The normalized spacial score (nSPS) is 10.2. The summed E-state index contributed by atoms with van der Waals surface area (Å²) in [6.45, 7) is -0.330. The summed E-state index contributed by atoms with van der Waals surface area (Å²) in [6, 6.07) is 24.8. The SMILES string of the molecule is N#CCCN(C(=O)COC(=O)Cc1ccc(-c2ccccc2)cc1)c1ccc(F)cc1. The molecule has 0 atom stereocenters. The van der Waals surface area contributed by atoms with Crippen LogP contribution in [0.25, 0.3) is 11.1 Å². The van der Waals surface area contributed by atoms with Crippen LogP contribution in [0.2, 0.25) is 0 Å². The Morgan fingerprint density at radius 3 is 2.19 bits per heavy atom. The summed E-state index contributed by atoms with van der Waals surface area (Å²) in [4.78, 5) is 26.0. The van der Waals surface area contributed by atoms with Gasteiger partial charge in [0.05, 0.1) is 18.9 Å². The minimum absolute atomic E-state index is 0.0388. The van der Waals surface area contributed by atoms with Crippen molar-refractivity contribution in [2.45, 2.75) is 12.8 Å². The quantitative estimate of drug-likeness (QED) is 0.506. The molecule has 156 valence electrons. The molecule has 0 heterocycles. The molecule has 3 aromatic rings. The van der Waals surface area contributed by atoms with Gasteiger partial charge in [0.2, 0.25) is 0 Å². The van der Waals surface area contributed by atoms with Crippen LogP contribution in [-0.2, 0) is 20.7 Å². The Balaban J connectivity index is 1.56. The van der Waals surface area contributed by atoms with Crippen LogP contribution in [0.5, 0.6) is 0 Å². The number of nitrogens with zero attached hydrogens (tertiary/aromatic N) is 2. The largest absolute Gasteiger partial charge is 0.455 e. The van der Waals surface area contributed by atoms with E-state index >= 15 is 0 Å². The molecule has 31 heavy (non-hydrogen) atoms. The monoisotopic (exact) mass is 416 g/mol. The van der Waals surface area contributed by atoms with E-state index in [1.807, 2.05) is 60.7 Å². The summed E-state index contributed by atoms with van der Waals surface area (Å²) in [6.07, 6.45) is 0.141. The summed E-state index contributed by atoms with van der Waals surface area (Å²) >= 11 is 0. The van der Waals surface area contributed by atoms with Crippen molar-refractivity contribution in [3.8, 4) is 17.2 Å². The lowest BCUT2D eigenvalue weighted by molar-refractivity contribution is -0.147. The Morgan fingerprint density at radius 2 is 1.55 bits per heavy atom. The van der Waals surface area contributed by atoms with Crippen molar-refractivity contribution in [2.75, 3.05) is 18.1 Å². The number of hydrogen-bond acceptors (Lipinski definition) is 4. The van der Waals surface area contributed by atoms with Crippen LogP contribution < -0.4 is 4.90 Å². The van der Waals surface area contributed by atoms with Gasteiger partial charge in [-0.1, -0.05) is 54.6 Å². The number of anilines is 1. The lowest BCUT2D eigenvalue weighted by Crippen LogP contribution is -2.35. The van der Waals surface area contributed by atoms with Gasteiger partial charge in [0, 0.05) is 12.2 Å². The predicted octanol–water partition coefficient (Wildman–Crippen LogP) is 4.53. The molecule has 1 amide bonds. The van der Waals surface area contributed by atoms with Gasteiger partial charge in [-0.3, -0.25) is 9.59 Å². The number of amides is 1. The molecule has 3 aromatic carbocycles. The zero-order valence-electron chi connectivity index (χ0n) is 16.8. The van der Waals surface area contributed by atoms with E-state index in [1.54, 1.807) is 0 Å². The lowest BCUT2D eigenvalue weighted by Gasteiger charge is -2.21. The third-order valence-corrected chi connectivity index (χ3v) is 4.65. The van der Waals surface area contributed by atoms with Gasteiger partial charge < -0.3 is 9.64 Å². The molecule has 0 aliphatic carbocycles. The number of carbonyl (C=O) groups is 2. The highest BCUT2D eigenvalue weighted by molar-refractivity contribution is 5.95. The highest BCUT2D eigenvalue weighted by Gasteiger charge is 2.18. The number of hydrogen-bond donors (Lipinski definition) is 0. The van der Waals surface area contributed by atoms with Crippen LogP contribution >= 0.6 is 0 Å². The summed E-state index contributed by atoms with van der Waals surface area (Å²) in [5.41, 5.74) is 3.34. The van der Waals surface area contributed by atoms with Crippen LogP contribution in [-0.4, -0.2) is 25.0 Å². The first-order chi connectivity index (χ1) is 15.1. The Morgan fingerprint density at radius 1 is 0.903 bits per heavy atom. The number of ether oxygens (including phenoxy) is 1. The van der Waals surface area contributed by atoms with Crippen molar-refractivity contribution in [1.29, 1.82) is 5.26 Å². The zero-order chi connectivity index (χ0) is 22.1. The van der Waals surface area contributed by atoms with E-state index in [0.717, 1.165) is 16.7 Å². The molecule has 0 N–H and O–H groups in total. The number of nitriles is 1. The highest BCUT2D eigenvalue weighted by Crippen LogP contribution is 2.20. The molecule has 0 radical (unpaired) electrons. The first kappa shape index (κ1) is 21.7. The second-order valence-electron chi connectivity index (χ2n) is 6.83. The van der Waals surface area contributed by atoms with Gasteiger partial charge >= 0.3 is 5.97 Å². The molecule has 0 aliphatic heterocycles. The Bertz CT molecular complexity index is 1060.